The first-order chi connectivity index (χ1) is 8.08. The van der Waals surface area contributed by atoms with E-state index in [0.717, 1.165) is 25.3 Å². The maximum atomic E-state index is 11.8. The van der Waals surface area contributed by atoms with Crippen LogP contribution in [0.4, 0.5) is 0 Å². The number of nitrogens with one attached hydrogen (secondary N) is 2. The van der Waals surface area contributed by atoms with Crippen molar-refractivity contribution in [2.75, 3.05) is 6.54 Å². The lowest BCUT2D eigenvalue weighted by atomic mass is 10.0. The molecule has 1 aliphatic rings. The van der Waals surface area contributed by atoms with Gasteiger partial charge in [0.05, 0.1) is 0 Å². The Balaban J connectivity index is 2.14. The van der Waals surface area contributed by atoms with Crippen molar-refractivity contribution >= 4 is 5.91 Å². The molecule has 0 saturated carbocycles. The Kier molecular flexibility index (Phi) is 6.56. The number of rotatable bonds is 6. The Bertz CT molecular complexity index is 222. The minimum atomic E-state index is 0.209. The Morgan fingerprint density at radius 3 is 2.65 bits per heavy atom. The average molecular weight is 240 g/mol. The van der Waals surface area contributed by atoms with Gasteiger partial charge in [0.25, 0.3) is 0 Å². The highest BCUT2D eigenvalue weighted by Crippen LogP contribution is 2.11. The lowest BCUT2D eigenvalue weighted by Gasteiger charge is -2.24. The molecule has 0 radical (unpaired) electrons. The third kappa shape index (κ3) is 6.67. The Labute approximate surface area is 106 Å². The predicted octanol–water partition coefficient (Wildman–Crippen LogP) is 2.46. The molecule has 0 aromatic heterocycles. The number of hydrogen-bond acceptors (Lipinski definition) is 2. The van der Waals surface area contributed by atoms with Crippen LogP contribution in [-0.4, -0.2) is 24.5 Å². The quantitative estimate of drug-likeness (QED) is 0.749. The molecule has 0 aromatic carbocycles. The minimum Gasteiger partial charge on any atom is -0.354 e. The highest BCUT2D eigenvalue weighted by molar-refractivity contribution is 5.76. The summed E-state index contributed by atoms with van der Waals surface area (Å²) in [7, 11) is 0. The van der Waals surface area contributed by atoms with E-state index in [4.69, 9.17) is 0 Å². The SMILES string of the molecule is CC(C)CCC(C)NC(=O)CC1CCCCN1. The van der Waals surface area contributed by atoms with Gasteiger partial charge in [-0.15, -0.1) is 0 Å². The molecular weight excluding hydrogens is 212 g/mol. The van der Waals surface area contributed by atoms with Gasteiger partial charge in [-0.1, -0.05) is 20.3 Å². The molecule has 2 atom stereocenters. The summed E-state index contributed by atoms with van der Waals surface area (Å²) in [5, 5.41) is 6.52. The van der Waals surface area contributed by atoms with E-state index in [-0.39, 0.29) is 5.91 Å². The Hall–Kier alpha value is -0.570. The number of carbonyl (C=O) groups is 1. The van der Waals surface area contributed by atoms with Crippen molar-refractivity contribution in [1.82, 2.24) is 10.6 Å². The van der Waals surface area contributed by atoms with E-state index in [2.05, 4.69) is 31.4 Å². The first kappa shape index (κ1) is 14.5. The van der Waals surface area contributed by atoms with E-state index in [9.17, 15) is 4.79 Å². The van der Waals surface area contributed by atoms with Gasteiger partial charge < -0.3 is 10.6 Å². The summed E-state index contributed by atoms with van der Waals surface area (Å²) >= 11 is 0. The van der Waals surface area contributed by atoms with Crippen molar-refractivity contribution in [2.45, 2.75) is 71.4 Å². The van der Waals surface area contributed by atoms with Crippen LogP contribution < -0.4 is 10.6 Å². The number of amides is 1. The van der Waals surface area contributed by atoms with Crippen molar-refractivity contribution in [3.8, 4) is 0 Å². The molecule has 0 bridgehead atoms. The van der Waals surface area contributed by atoms with Gasteiger partial charge in [0.1, 0.15) is 0 Å². The molecule has 1 fully saturated rings. The fraction of sp³-hybridized carbons (Fsp3) is 0.929. The van der Waals surface area contributed by atoms with Gasteiger partial charge in [-0.05, 0) is 45.1 Å². The van der Waals surface area contributed by atoms with Crippen molar-refractivity contribution in [1.29, 1.82) is 0 Å². The first-order valence-corrected chi connectivity index (χ1v) is 7.10. The van der Waals surface area contributed by atoms with Crippen molar-refractivity contribution in [2.24, 2.45) is 5.92 Å². The minimum absolute atomic E-state index is 0.209. The largest absolute Gasteiger partial charge is 0.354 e. The average Bonchev–Trinajstić information content (AvgIpc) is 2.27. The first-order valence-electron chi connectivity index (χ1n) is 7.10. The van der Waals surface area contributed by atoms with Crippen LogP contribution in [0.5, 0.6) is 0 Å². The highest BCUT2D eigenvalue weighted by Gasteiger charge is 2.17. The molecule has 2 N–H and O–H groups in total. The van der Waals surface area contributed by atoms with E-state index in [0.29, 0.717) is 18.5 Å². The molecular formula is C14H28N2O. The molecule has 1 heterocycles. The Morgan fingerprint density at radius 1 is 1.29 bits per heavy atom. The molecule has 1 aliphatic heterocycles. The third-order valence-corrected chi connectivity index (χ3v) is 3.43. The van der Waals surface area contributed by atoms with Gasteiger partial charge in [-0.2, -0.15) is 0 Å². The van der Waals surface area contributed by atoms with Crippen molar-refractivity contribution in [3.05, 3.63) is 0 Å². The third-order valence-electron chi connectivity index (χ3n) is 3.43. The predicted molar refractivity (Wildman–Crippen MR) is 71.9 cm³/mol. The number of piperidine rings is 1. The van der Waals surface area contributed by atoms with Gasteiger partial charge in [0, 0.05) is 18.5 Å². The zero-order valence-electron chi connectivity index (χ0n) is 11.6. The molecule has 1 amide bonds. The summed E-state index contributed by atoms with van der Waals surface area (Å²) in [5.41, 5.74) is 0. The van der Waals surface area contributed by atoms with E-state index >= 15 is 0 Å². The smallest absolute Gasteiger partial charge is 0.221 e. The van der Waals surface area contributed by atoms with Crippen molar-refractivity contribution < 1.29 is 4.79 Å². The van der Waals surface area contributed by atoms with Crippen LogP contribution in [-0.2, 0) is 4.79 Å². The van der Waals surface area contributed by atoms with Gasteiger partial charge in [-0.3, -0.25) is 4.79 Å². The molecule has 1 rings (SSSR count). The summed E-state index contributed by atoms with van der Waals surface area (Å²) < 4.78 is 0. The monoisotopic (exact) mass is 240 g/mol. The molecule has 1 saturated heterocycles. The normalized spacial score (nSPS) is 22.5. The summed E-state index contributed by atoms with van der Waals surface area (Å²) in [6.07, 6.45) is 6.57. The second kappa shape index (κ2) is 7.70. The molecule has 3 heteroatoms. The standard InChI is InChI=1S/C14H28N2O/c1-11(2)7-8-12(3)16-14(17)10-13-6-4-5-9-15-13/h11-13,15H,4-10H2,1-3H3,(H,16,17). The van der Waals surface area contributed by atoms with Crippen LogP contribution in [0.2, 0.25) is 0 Å². The van der Waals surface area contributed by atoms with E-state index in [1.54, 1.807) is 0 Å². The molecule has 0 spiro atoms. The number of carbonyl (C=O) groups excluding carboxylic acids is 1. The molecule has 100 valence electrons. The molecule has 17 heavy (non-hydrogen) atoms. The molecule has 3 nitrogen and oxygen atoms in total. The van der Waals surface area contributed by atoms with E-state index in [1.807, 2.05) is 0 Å². The summed E-state index contributed by atoms with van der Waals surface area (Å²) in [6, 6.07) is 0.717. The fourth-order valence-electron chi connectivity index (χ4n) is 2.31. The van der Waals surface area contributed by atoms with Crippen LogP contribution in [0.25, 0.3) is 0 Å². The lowest BCUT2D eigenvalue weighted by Crippen LogP contribution is -2.41. The van der Waals surface area contributed by atoms with E-state index in [1.165, 1.54) is 19.3 Å². The molecule has 2 unspecified atom stereocenters. The molecule has 0 aromatic rings. The second-order valence-corrected chi connectivity index (χ2v) is 5.79. The zero-order valence-corrected chi connectivity index (χ0v) is 11.6. The van der Waals surface area contributed by atoms with Gasteiger partial charge >= 0.3 is 0 Å². The zero-order chi connectivity index (χ0) is 12.7. The maximum absolute atomic E-state index is 11.8. The number of hydrogen-bond donors (Lipinski definition) is 2. The van der Waals surface area contributed by atoms with Crippen LogP contribution in [0.1, 0.15) is 59.3 Å². The second-order valence-electron chi connectivity index (χ2n) is 5.79. The van der Waals surface area contributed by atoms with Crippen molar-refractivity contribution in [3.63, 3.8) is 0 Å². The van der Waals surface area contributed by atoms with Crippen LogP contribution >= 0.6 is 0 Å². The topological polar surface area (TPSA) is 41.1 Å². The summed E-state index contributed by atoms with van der Waals surface area (Å²) in [4.78, 5) is 11.8. The summed E-state index contributed by atoms with van der Waals surface area (Å²) in [5.74, 6) is 0.926. The highest BCUT2D eigenvalue weighted by atomic mass is 16.1. The van der Waals surface area contributed by atoms with Gasteiger partial charge in [-0.25, -0.2) is 0 Å². The fourth-order valence-corrected chi connectivity index (χ4v) is 2.31. The van der Waals surface area contributed by atoms with Gasteiger partial charge in [0.2, 0.25) is 5.91 Å². The van der Waals surface area contributed by atoms with Crippen LogP contribution in [0.15, 0.2) is 0 Å². The van der Waals surface area contributed by atoms with Gasteiger partial charge in [0.15, 0.2) is 0 Å². The van der Waals surface area contributed by atoms with Crippen LogP contribution in [0.3, 0.4) is 0 Å². The summed E-state index contributed by atoms with van der Waals surface area (Å²) in [6.45, 7) is 7.62. The Morgan fingerprint density at radius 2 is 2.06 bits per heavy atom. The lowest BCUT2D eigenvalue weighted by molar-refractivity contribution is -0.122. The van der Waals surface area contributed by atoms with E-state index < -0.39 is 0 Å². The van der Waals surface area contributed by atoms with Crippen LogP contribution in [0, 0.1) is 5.92 Å². The molecule has 0 aliphatic carbocycles. The maximum Gasteiger partial charge on any atom is 0.221 e.